The first-order chi connectivity index (χ1) is 3.27. The molecule has 1 N–H and O–H groups in total. The summed E-state index contributed by atoms with van der Waals surface area (Å²) in [5.41, 5.74) is 0. The fourth-order valence-corrected chi connectivity index (χ4v) is 0.229. The van der Waals surface area contributed by atoms with E-state index in [4.69, 9.17) is 5.11 Å². The van der Waals surface area contributed by atoms with Crippen LogP contribution in [0.2, 0.25) is 0 Å². The summed E-state index contributed by atoms with van der Waals surface area (Å²) in [6.45, 7) is 3.38. The Morgan fingerprint density at radius 1 is 1.71 bits per heavy atom. The Morgan fingerprint density at radius 3 is 2.43 bits per heavy atom. The van der Waals surface area contributed by atoms with Crippen molar-refractivity contribution < 1.29 is 5.11 Å². The SMILES string of the molecule is C=C/C=C\C(O)=S. The topological polar surface area (TPSA) is 20.2 Å². The van der Waals surface area contributed by atoms with E-state index in [1.807, 2.05) is 0 Å². The maximum Gasteiger partial charge on any atom is 0.181 e. The maximum absolute atomic E-state index is 8.28. The van der Waals surface area contributed by atoms with Gasteiger partial charge in [0.05, 0.1) is 0 Å². The lowest BCUT2D eigenvalue weighted by Crippen LogP contribution is -1.79. The van der Waals surface area contributed by atoms with Gasteiger partial charge in [0, 0.05) is 0 Å². The fraction of sp³-hybridized carbons (Fsp3) is 0. The Labute approximate surface area is 48.0 Å². The van der Waals surface area contributed by atoms with Crippen LogP contribution in [0, 0.1) is 0 Å². The summed E-state index contributed by atoms with van der Waals surface area (Å²) in [7, 11) is 0. The Balaban J connectivity index is 3.46. The van der Waals surface area contributed by atoms with Gasteiger partial charge < -0.3 is 5.11 Å². The number of rotatable bonds is 2. The second kappa shape index (κ2) is 3.56. The molecule has 0 aromatic rings. The minimum atomic E-state index is -0.111. The molecule has 0 bridgehead atoms. The normalized spacial score (nSPS) is 9.14. The highest BCUT2D eigenvalue weighted by atomic mass is 32.1. The van der Waals surface area contributed by atoms with E-state index in [-0.39, 0.29) is 5.05 Å². The van der Waals surface area contributed by atoms with Crippen molar-refractivity contribution in [1.29, 1.82) is 0 Å². The van der Waals surface area contributed by atoms with Crippen LogP contribution in [-0.2, 0) is 0 Å². The molecular weight excluding hydrogens is 108 g/mol. The van der Waals surface area contributed by atoms with Gasteiger partial charge >= 0.3 is 0 Å². The van der Waals surface area contributed by atoms with Crippen molar-refractivity contribution in [2.24, 2.45) is 0 Å². The number of allylic oxidation sites excluding steroid dienone is 2. The Morgan fingerprint density at radius 2 is 2.29 bits per heavy atom. The third-order valence-electron chi connectivity index (χ3n) is 0.375. The number of hydrogen-bond acceptors (Lipinski definition) is 1. The number of aliphatic hydroxyl groups excluding tert-OH is 1. The molecule has 0 saturated heterocycles. The first-order valence-electron chi connectivity index (χ1n) is 1.79. The zero-order valence-corrected chi connectivity index (χ0v) is 4.61. The standard InChI is InChI=1S/C5H6OS/c1-2-3-4-5(6)7/h2-4H,1H2,(H,6,7)/b4-3-. The van der Waals surface area contributed by atoms with E-state index in [0.29, 0.717) is 0 Å². The van der Waals surface area contributed by atoms with E-state index in [9.17, 15) is 0 Å². The lowest BCUT2D eigenvalue weighted by Gasteiger charge is -1.74. The van der Waals surface area contributed by atoms with Crippen LogP contribution < -0.4 is 0 Å². The van der Waals surface area contributed by atoms with Gasteiger partial charge in [0.25, 0.3) is 0 Å². The van der Waals surface area contributed by atoms with Crippen LogP contribution in [0.3, 0.4) is 0 Å². The second-order valence-electron chi connectivity index (χ2n) is 0.933. The predicted molar refractivity (Wildman–Crippen MR) is 34.6 cm³/mol. The number of aliphatic hydroxyl groups is 1. The molecule has 0 atom stereocenters. The molecule has 38 valence electrons. The Bertz CT molecular complexity index is 105. The van der Waals surface area contributed by atoms with Crippen molar-refractivity contribution in [3.63, 3.8) is 0 Å². The van der Waals surface area contributed by atoms with Gasteiger partial charge in [-0.15, -0.1) is 0 Å². The molecule has 7 heavy (non-hydrogen) atoms. The first kappa shape index (κ1) is 6.37. The molecule has 0 fully saturated rings. The largest absolute Gasteiger partial charge is 0.499 e. The summed E-state index contributed by atoms with van der Waals surface area (Å²) >= 11 is 4.28. The molecule has 0 aliphatic carbocycles. The number of thiocarbonyl (C=S) groups is 1. The molecule has 2 heteroatoms. The van der Waals surface area contributed by atoms with Gasteiger partial charge in [0.1, 0.15) is 0 Å². The zero-order chi connectivity index (χ0) is 5.70. The van der Waals surface area contributed by atoms with Gasteiger partial charge in [-0.05, 0) is 18.3 Å². The van der Waals surface area contributed by atoms with Gasteiger partial charge in [0.2, 0.25) is 0 Å². The minimum absolute atomic E-state index is 0.111. The number of hydrogen-bond donors (Lipinski definition) is 1. The molecule has 0 spiro atoms. The van der Waals surface area contributed by atoms with E-state index >= 15 is 0 Å². The Kier molecular flexibility index (Phi) is 3.24. The third kappa shape index (κ3) is 5.37. The van der Waals surface area contributed by atoms with Crippen molar-refractivity contribution in [2.45, 2.75) is 0 Å². The summed E-state index contributed by atoms with van der Waals surface area (Å²) in [5.74, 6) is 0. The van der Waals surface area contributed by atoms with E-state index in [1.54, 1.807) is 12.2 Å². The highest BCUT2D eigenvalue weighted by molar-refractivity contribution is 7.80. The molecule has 0 saturated carbocycles. The van der Waals surface area contributed by atoms with Crippen molar-refractivity contribution in [2.75, 3.05) is 0 Å². The summed E-state index contributed by atoms with van der Waals surface area (Å²) in [4.78, 5) is 0. The average molecular weight is 114 g/mol. The third-order valence-corrected chi connectivity index (χ3v) is 0.511. The van der Waals surface area contributed by atoms with Crippen LogP contribution in [-0.4, -0.2) is 10.2 Å². The average Bonchev–Trinajstić information content (AvgIpc) is 1.61. The van der Waals surface area contributed by atoms with E-state index in [2.05, 4.69) is 18.8 Å². The molecule has 0 aliphatic heterocycles. The molecule has 0 heterocycles. The minimum Gasteiger partial charge on any atom is -0.499 e. The van der Waals surface area contributed by atoms with Crippen LogP contribution in [0.4, 0.5) is 0 Å². The molecule has 0 aromatic heterocycles. The summed E-state index contributed by atoms with van der Waals surface area (Å²) in [6, 6.07) is 0. The summed E-state index contributed by atoms with van der Waals surface area (Å²) < 4.78 is 0. The van der Waals surface area contributed by atoms with Crippen molar-refractivity contribution in [3.05, 3.63) is 24.8 Å². The summed E-state index contributed by atoms with van der Waals surface area (Å²) in [5, 5.41) is 8.17. The van der Waals surface area contributed by atoms with Crippen molar-refractivity contribution >= 4 is 17.3 Å². The van der Waals surface area contributed by atoms with Crippen LogP contribution in [0.1, 0.15) is 0 Å². The van der Waals surface area contributed by atoms with Gasteiger partial charge in [-0.1, -0.05) is 18.7 Å². The quantitative estimate of drug-likeness (QED) is 0.334. The fourth-order valence-electron chi connectivity index (χ4n) is 0.150. The molecule has 0 amide bonds. The first-order valence-corrected chi connectivity index (χ1v) is 2.20. The highest BCUT2D eigenvalue weighted by Crippen LogP contribution is 1.74. The van der Waals surface area contributed by atoms with Gasteiger partial charge in [-0.2, -0.15) is 0 Å². The van der Waals surface area contributed by atoms with Crippen LogP contribution in [0.5, 0.6) is 0 Å². The molecule has 0 rings (SSSR count). The van der Waals surface area contributed by atoms with Crippen LogP contribution >= 0.6 is 12.2 Å². The predicted octanol–water partition coefficient (Wildman–Crippen LogP) is 1.61. The van der Waals surface area contributed by atoms with Crippen LogP contribution in [0.25, 0.3) is 0 Å². The second-order valence-corrected chi connectivity index (χ2v) is 1.35. The van der Waals surface area contributed by atoms with E-state index in [1.165, 1.54) is 6.08 Å². The van der Waals surface area contributed by atoms with Gasteiger partial charge in [-0.3, -0.25) is 0 Å². The van der Waals surface area contributed by atoms with Crippen LogP contribution in [0.15, 0.2) is 24.8 Å². The molecule has 0 unspecified atom stereocenters. The van der Waals surface area contributed by atoms with E-state index in [0.717, 1.165) is 0 Å². The zero-order valence-electron chi connectivity index (χ0n) is 3.79. The van der Waals surface area contributed by atoms with Crippen molar-refractivity contribution in [1.82, 2.24) is 0 Å². The molecule has 0 aromatic carbocycles. The molecule has 1 nitrogen and oxygen atoms in total. The van der Waals surface area contributed by atoms with Gasteiger partial charge in [0.15, 0.2) is 5.05 Å². The lowest BCUT2D eigenvalue weighted by molar-refractivity contribution is 0.574. The lowest BCUT2D eigenvalue weighted by atomic mass is 10.5. The monoisotopic (exact) mass is 114 g/mol. The van der Waals surface area contributed by atoms with Crippen molar-refractivity contribution in [3.8, 4) is 0 Å². The smallest absolute Gasteiger partial charge is 0.181 e. The molecule has 0 radical (unpaired) electrons. The summed E-state index contributed by atoms with van der Waals surface area (Å²) in [6.07, 6.45) is 4.51. The maximum atomic E-state index is 8.28. The molecule has 0 aliphatic rings. The molecular formula is C5H6OS. The Hall–Kier alpha value is -0.630. The van der Waals surface area contributed by atoms with Gasteiger partial charge in [-0.25, -0.2) is 0 Å². The highest BCUT2D eigenvalue weighted by Gasteiger charge is 1.71. The van der Waals surface area contributed by atoms with E-state index < -0.39 is 0 Å².